The highest BCUT2D eigenvalue weighted by Crippen LogP contribution is 2.29. The monoisotopic (exact) mass is 397 g/mol. The fourth-order valence-electron chi connectivity index (χ4n) is 2.35. The zero-order chi connectivity index (χ0) is 21.2. The van der Waals surface area contributed by atoms with E-state index in [-0.39, 0.29) is 11.9 Å². The standard InChI is InChI=1S/C22H27N3O4/c1-15(2)14-29-19-11-5-16(13-20(19)28-4)6-12-21(26)24-17-7-9-18(10-8-17)25-22(27)23-3/h5-13,15H,14H2,1-4H3,(H,24,26)(H2,23,25,27)/b12-6+. The highest BCUT2D eigenvalue weighted by molar-refractivity contribution is 6.02. The Balaban J connectivity index is 1.96. The van der Waals surface area contributed by atoms with Crippen LogP contribution in [-0.2, 0) is 4.79 Å². The molecule has 0 atom stereocenters. The lowest BCUT2D eigenvalue weighted by Gasteiger charge is -2.12. The Morgan fingerprint density at radius 1 is 1.00 bits per heavy atom. The van der Waals surface area contributed by atoms with E-state index in [0.717, 1.165) is 5.56 Å². The third kappa shape index (κ3) is 7.21. The van der Waals surface area contributed by atoms with Crippen LogP contribution in [0.15, 0.2) is 48.5 Å². The van der Waals surface area contributed by atoms with Crippen molar-refractivity contribution in [2.45, 2.75) is 13.8 Å². The number of hydrogen-bond donors (Lipinski definition) is 3. The maximum absolute atomic E-state index is 12.2. The molecule has 0 aliphatic heterocycles. The van der Waals surface area contributed by atoms with E-state index in [4.69, 9.17) is 9.47 Å². The molecule has 0 saturated carbocycles. The molecule has 7 nitrogen and oxygen atoms in total. The van der Waals surface area contributed by atoms with Gasteiger partial charge in [-0.15, -0.1) is 0 Å². The SMILES string of the molecule is CNC(=O)Nc1ccc(NC(=O)/C=C/c2ccc(OCC(C)C)c(OC)c2)cc1. The number of hydrogen-bond acceptors (Lipinski definition) is 4. The molecule has 2 rings (SSSR count). The average Bonchev–Trinajstić information content (AvgIpc) is 2.72. The third-order valence-corrected chi connectivity index (χ3v) is 3.82. The van der Waals surface area contributed by atoms with Gasteiger partial charge in [0.1, 0.15) is 0 Å². The van der Waals surface area contributed by atoms with Gasteiger partial charge in [0.05, 0.1) is 13.7 Å². The van der Waals surface area contributed by atoms with Crippen molar-refractivity contribution in [1.29, 1.82) is 0 Å². The van der Waals surface area contributed by atoms with Crippen LogP contribution in [0.5, 0.6) is 11.5 Å². The Kier molecular flexibility index (Phi) is 8.09. The van der Waals surface area contributed by atoms with Crippen LogP contribution in [0.4, 0.5) is 16.2 Å². The summed E-state index contributed by atoms with van der Waals surface area (Å²) in [6.45, 7) is 4.76. The molecular formula is C22H27N3O4. The summed E-state index contributed by atoms with van der Waals surface area (Å²) in [5.41, 5.74) is 2.07. The van der Waals surface area contributed by atoms with Gasteiger partial charge in [-0.2, -0.15) is 0 Å². The van der Waals surface area contributed by atoms with E-state index in [0.29, 0.717) is 35.4 Å². The summed E-state index contributed by atoms with van der Waals surface area (Å²) in [5.74, 6) is 1.44. The van der Waals surface area contributed by atoms with Crippen molar-refractivity contribution < 1.29 is 19.1 Å². The second-order valence-electron chi connectivity index (χ2n) is 6.72. The minimum Gasteiger partial charge on any atom is -0.493 e. The normalized spacial score (nSPS) is 10.7. The molecule has 0 bridgehead atoms. The molecule has 0 heterocycles. The molecule has 0 fully saturated rings. The maximum Gasteiger partial charge on any atom is 0.318 e. The molecule has 0 spiro atoms. The van der Waals surface area contributed by atoms with Crippen molar-refractivity contribution in [2.75, 3.05) is 31.4 Å². The molecule has 3 amide bonds. The number of ether oxygens (including phenoxy) is 2. The lowest BCUT2D eigenvalue weighted by Crippen LogP contribution is -2.24. The van der Waals surface area contributed by atoms with Gasteiger partial charge in [-0.25, -0.2) is 4.79 Å². The van der Waals surface area contributed by atoms with Crippen molar-refractivity contribution in [3.8, 4) is 11.5 Å². The van der Waals surface area contributed by atoms with Crippen LogP contribution in [0, 0.1) is 5.92 Å². The van der Waals surface area contributed by atoms with Crippen molar-refractivity contribution >= 4 is 29.4 Å². The van der Waals surface area contributed by atoms with Crippen LogP contribution in [0.25, 0.3) is 6.08 Å². The molecule has 2 aromatic carbocycles. The first kappa shape index (κ1) is 21.8. The Bertz CT molecular complexity index is 861. The number of urea groups is 1. The van der Waals surface area contributed by atoms with Gasteiger partial charge < -0.3 is 25.4 Å². The maximum atomic E-state index is 12.2. The molecule has 0 aliphatic rings. The van der Waals surface area contributed by atoms with Crippen LogP contribution in [0.1, 0.15) is 19.4 Å². The summed E-state index contributed by atoms with van der Waals surface area (Å²) in [6.07, 6.45) is 3.14. The number of methoxy groups -OCH3 is 1. The zero-order valence-electron chi connectivity index (χ0n) is 17.1. The number of nitrogens with one attached hydrogen (secondary N) is 3. The third-order valence-electron chi connectivity index (χ3n) is 3.82. The predicted molar refractivity (Wildman–Crippen MR) is 116 cm³/mol. The summed E-state index contributed by atoms with van der Waals surface area (Å²) in [6, 6.07) is 12.0. The van der Waals surface area contributed by atoms with Gasteiger partial charge in [0.2, 0.25) is 5.91 Å². The fourth-order valence-corrected chi connectivity index (χ4v) is 2.35. The smallest absolute Gasteiger partial charge is 0.318 e. The Labute approximate surface area is 171 Å². The largest absolute Gasteiger partial charge is 0.493 e. The summed E-state index contributed by atoms with van der Waals surface area (Å²) in [7, 11) is 3.12. The van der Waals surface area contributed by atoms with Crippen LogP contribution >= 0.6 is 0 Å². The second-order valence-corrected chi connectivity index (χ2v) is 6.72. The van der Waals surface area contributed by atoms with Crippen molar-refractivity contribution in [1.82, 2.24) is 5.32 Å². The number of carbonyl (C=O) groups excluding carboxylic acids is 2. The summed E-state index contributed by atoms with van der Waals surface area (Å²) in [5, 5.41) is 7.89. The summed E-state index contributed by atoms with van der Waals surface area (Å²) < 4.78 is 11.1. The first-order valence-corrected chi connectivity index (χ1v) is 9.30. The van der Waals surface area contributed by atoms with E-state index in [1.807, 2.05) is 18.2 Å². The van der Waals surface area contributed by atoms with E-state index in [2.05, 4.69) is 29.8 Å². The van der Waals surface area contributed by atoms with Crippen LogP contribution < -0.4 is 25.4 Å². The number of carbonyl (C=O) groups is 2. The van der Waals surface area contributed by atoms with Crippen LogP contribution in [-0.4, -0.2) is 32.7 Å². The van der Waals surface area contributed by atoms with Gasteiger partial charge >= 0.3 is 6.03 Å². The van der Waals surface area contributed by atoms with E-state index < -0.39 is 0 Å². The number of amides is 3. The molecule has 3 N–H and O–H groups in total. The van der Waals surface area contributed by atoms with Gasteiger partial charge in [-0.1, -0.05) is 19.9 Å². The number of benzene rings is 2. The van der Waals surface area contributed by atoms with Crippen LogP contribution in [0.2, 0.25) is 0 Å². The molecule has 154 valence electrons. The zero-order valence-corrected chi connectivity index (χ0v) is 17.1. The van der Waals surface area contributed by atoms with Gasteiger partial charge in [0.15, 0.2) is 11.5 Å². The van der Waals surface area contributed by atoms with E-state index in [1.54, 1.807) is 37.5 Å². The fraction of sp³-hybridized carbons (Fsp3) is 0.273. The Morgan fingerprint density at radius 2 is 1.66 bits per heavy atom. The molecule has 0 saturated heterocycles. The minimum absolute atomic E-state index is 0.267. The number of anilines is 2. The molecule has 0 unspecified atom stereocenters. The molecule has 0 aliphatic carbocycles. The first-order chi connectivity index (χ1) is 13.9. The van der Waals surface area contributed by atoms with Crippen molar-refractivity contribution in [3.63, 3.8) is 0 Å². The lowest BCUT2D eigenvalue weighted by molar-refractivity contribution is -0.111. The Morgan fingerprint density at radius 3 is 2.24 bits per heavy atom. The van der Waals surface area contributed by atoms with Gasteiger partial charge in [-0.05, 0) is 54.0 Å². The van der Waals surface area contributed by atoms with Crippen molar-refractivity contribution in [2.24, 2.45) is 5.92 Å². The van der Waals surface area contributed by atoms with Crippen molar-refractivity contribution in [3.05, 3.63) is 54.1 Å². The summed E-state index contributed by atoms with van der Waals surface area (Å²) in [4.78, 5) is 23.4. The molecule has 0 radical (unpaired) electrons. The second kappa shape index (κ2) is 10.8. The van der Waals surface area contributed by atoms with Gasteiger partial charge in [0, 0.05) is 24.5 Å². The van der Waals surface area contributed by atoms with Gasteiger partial charge in [0.25, 0.3) is 0 Å². The quantitative estimate of drug-likeness (QED) is 0.584. The molecule has 2 aromatic rings. The van der Waals surface area contributed by atoms with E-state index in [1.165, 1.54) is 13.1 Å². The first-order valence-electron chi connectivity index (χ1n) is 9.30. The molecule has 0 aromatic heterocycles. The lowest BCUT2D eigenvalue weighted by atomic mass is 10.2. The molecule has 7 heteroatoms. The predicted octanol–water partition coefficient (Wildman–Crippen LogP) is 4.13. The topological polar surface area (TPSA) is 88.7 Å². The molecular weight excluding hydrogens is 370 g/mol. The number of rotatable bonds is 8. The van der Waals surface area contributed by atoms with Crippen LogP contribution in [0.3, 0.4) is 0 Å². The highest BCUT2D eigenvalue weighted by Gasteiger charge is 2.06. The summed E-state index contributed by atoms with van der Waals surface area (Å²) >= 11 is 0. The molecule has 29 heavy (non-hydrogen) atoms. The average molecular weight is 397 g/mol. The van der Waals surface area contributed by atoms with Gasteiger partial charge in [-0.3, -0.25) is 4.79 Å². The Hall–Kier alpha value is -3.48. The van der Waals surface area contributed by atoms with E-state index >= 15 is 0 Å². The minimum atomic E-state index is -0.305. The highest BCUT2D eigenvalue weighted by atomic mass is 16.5. The van der Waals surface area contributed by atoms with E-state index in [9.17, 15) is 9.59 Å².